The molecule has 2 nitrogen and oxygen atoms in total. The molecular weight excluding hydrogens is 258 g/mol. The molecule has 0 bridgehead atoms. The van der Waals surface area contributed by atoms with Gasteiger partial charge in [-0.2, -0.15) is 0 Å². The van der Waals surface area contributed by atoms with Crippen molar-refractivity contribution in [2.24, 2.45) is 0 Å². The smallest absolute Gasteiger partial charge is 0.0713 e. The first kappa shape index (κ1) is 15.6. The molecule has 0 amide bonds. The Labute approximate surface area is 128 Å². The number of ether oxygens (including phenoxy) is 1. The number of methoxy groups -OCH3 is 1. The predicted molar refractivity (Wildman–Crippen MR) is 89.6 cm³/mol. The molecular formula is C19H25NO. The number of rotatable bonds is 5. The molecule has 0 aliphatic carbocycles. The van der Waals surface area contributed by atoms with Gasteiger partial charge in [-0.3, -0.25) is 0 Å². The number of benzene rings is 2. The first-order valence-electron chi connectivity index (χ1n) is 7.40. The van der Waals surface area contributed by atoms with E-state index in [0.29, 0.717) is 6.61 Å². The lowest BCUT2D eigenvalue weighted by Crippen LogP contribution is -2.10. The van der Waals surface area contributed by atoms with Crippen molar-refractivity contribution in [1.82, 2.24) is 0 Å². The van der Waals surface area contributed by atoms with Gasteiger partial charge in [0.2, 0.25) is 0 Å². The summed E-state index contributed by atoms with van der Waals surface area (Å²) in [5, 5.41) is 3.47. The van der Waals surface area contributed by atoms with Crippen LogP contribution in [0.3, 0.4) is 0 Å². The summed E-state index contributed by atoms with van der Waals surface area (Å²) in [6.45, 7) is 8.19. The third-order valence-electron chi connectivity index (χ3n) is 3.55. The van der Waals surface area contributed by atoms with Crippen molar-refractivity contribution in [3.05, 3.63) is 65.2 Å². The summed E-state index contributed by atoms with van der Waals surface area (Å²) in [4.78, 5) is 0. The Hall–Kier alpha value is -1.80. The molecule has 0 aromatic heterocycles. The summed E-state index contributed by atoms with van der Waals surface area (Å²) in [5.41, 5.74) is 5.19. The van der Waals surface area contributed by atoms with E-state index in [9.17, 15) is 0 Å². The lowest BCUT2D eigenvalue weighted by atomic mass is 9.87. The van der Waals surface area contributed by atoms with Gasteiger partial charge in [-0.25, -0.2) is 0 Å². The lowest BCUT2D eigenvalue weighted by Gasteiger charge is -2.19. The first-order valence-corrected chi connectivity index (χ1v) is 7.40. The molecule has 0 saturated carbocycles. The molecule has 2 aromatic carbocycles. The molecule has 2 heteroatoms. The fourth-order valence-electron chi connectivity index (χ4n) is 2.29. The maximum Gasteiger partial charge on any atom is 0.0713 e. The topological polar surface area (TPSA) is 21.3 Å². The largest absolute Gasteiger partial charge is 0.381 e. The molecule has 0 aliphatic heterocycles. The highest BCUT2D eigenvalue weighted by atomic mass is 16.5. The van der Waals surface area contributed by atoms with Gasteiger partial charge in [0.25, 0.3) is 0 Å². The van der Waals surface area contributed by atoms with E-state index in [1.54, 1.807) is 7.11 Å². The maximum absolute atomic E-state index is 5.17. The molecule has 2 rings (SSSR count). The van der Waals surface area contributed by atoms with E-state index in [4.69, 9.17) is 4.74 Å². The second kappa shape index (κ2) is 6.77. The van der Waals surface area contributed by atoms with Crippen LogP contribution in [0.1, 0.15) is 37.5 Å². The minimum Gasteiger partial charge on any atom is -0.381 e. The van der Waals surface area contributed by atoms with E-state index in [2.05, 4.69) is 74.6 Å². The van der Waals surface area contributed by atoms with E-state index >= 15 is 0 Å². The Morgan fingerprint density at radius 2 is 1.62 bits per heavy atom. The van der Waals surface area contributed by atoms with Gasteiger partial charge in [-0.15, -0.1) is 0 Å². The zero-order valence-corrected chi connectivity index (χ0v) is 13.4. The monoisotopic (exact) mass is 283 g/mol. The average Bonchev–Trinajstić information content (AvgIpc) is 2.45. The van der Waals surface area contributed by atoms with E-state index in [1.807, 2.05) is 0 Å². The summed E-state index contributed by atoms with van der Waals surface area (Å²) in [7, 11) is 1.72. The van der Waals surface area contributed by atoms with Crippen molar-refractivity contribution < 1.29 is 4.74 Å². The van der Waals surface area contributed by atoms with E-state index in [0.717, 1.165) is 12.2 Å². The van der Waals surface area contributed by atoms with Crippen LogP contribution in [0.15, 0.2) is 48.5 Å². The number of hydrogen-bond acceptors (Lipinski definition) is 2. The van der Waals surface area contributed by atoms with E-state index < -0.39 is 0 Å². The molecule has 0 spiro atoms. The Morgan fingerprint density at radius 3 is 2.24 bits per heavy atom. The molecule has 0 fully saturated rings. The van der Waals surface area contributed by atoms with Crippen molar-refractivity contribution >= 4 is 5.69 Å². The Morgan fingerprint density at radius 1 is 0.952 bits per heavy atom. The van der Waals surface area contributed by atoms with E-state index in [1.165, 1.54) is 16.7 Å². The van der Waals surface area contributed by atoms with Crippen molar-refractivity contribution in [3.63, 3.8) is 0 Å². The van der Waals surface area contributed by atoms with Crippen molar-refractivity contribution in [1.29, 1.82) is 0 Å². The van der Waals surface area contributed by atoms with Crippen molar-refractivity contribution in [2.45, 2.75) is 39.3 Å². The molecule has 0 atom stereocenters. The van der Waals surface area contributed by atoms with Gasteiger partial charge in [0.15, 0.2) is 0 Å². The zero-order chi connectivity index (χ0) is 15.3. The molecule has 2 aromatic rings. The molecule has 0 heterocycles. The Balaban J connectivity index is 1.98. The highest BCUT2D eigenvalue weighted by molar-refractivity contribution is 5.46. The minimum absolute atomic E-state index is 0.201. The number of anilines is 1. The molecule has 0 radical (unpaired) electrons. The number of nitrogens with one attached hydrogen (secondary N) is 1. The van der Waals surface area contributed by atoms with Crippen LogP contribution in [0.25, 0.3) is 0 Å². The van der Waals surface area contributed by atoms with Gasteiger partial charge in [0.05, 0.1) is 6.61 Å². The van der Waals surface area contributed by atoms with Crippen LogP contribution in [0.2, 0.25) is 0 Å². The van der Waals surface area contributed by atoms with Gasteiger partial charge < -0.3 is 10.1 Å². The normalized spacial score (nSPS) is 11.4. The summed E-state index contributed by atoms with van der Waals surface area (Å²) in [6, 6.07) is 17.2. The van der Waals surface area contributed by atoms with Crippen LogP contribution >= 0.6 is 0 Å². The molecule has 0 saturated heterocycles. The molecule has 0 aliphatic rings. The van der Waals surface area contributed by atoms with Gasteiger partial charge in [-0.1, -0.05) is 57.2 Å². The molecule has 1 N–H and O–H groups in total. The van der Waals surface area contributed by atoms with Gasteiger partial charge >= 0.3 is 0 Å². The summed E-state index contributed by atoms with van der Waals surface area (Å²) in [6.07, 6.45) is 0. The van der Waals surface area contributed by atoms with Crippen LogP contribution in [-0.4, -0.2) is 7.11 Å². The highest BCUT2D eigenvalue weighted by Gasteiger charge is 2.12. The maximum atomic E-state index is 5.17. The second-order valence-corrected chi connectivity index (χ2v) is 6.43. The third-order valence-corrected chi connectivity index (χ3v) is 3.55. The predicted octanol–water partition coefficient (Wildman–Crippen LogP) is 4.74. The Kier molecular flexibility index (Phi) is 5.03. The summed E-state index contributed by atoms with van der Waals surface area (Å²) >= 11 is 0. The average molecular weight is 283 g/mol. The summed E-state index contributed by atoms with van der Waals surface area (Å²) in [5.74, 6) is 0. The first-order chi connectivity index (χ1) is 9.99. The van der Waals surface area contributed by atoms with Crippen molar-refractivity contribution in [2.75, 3.05) is 12.4 Å². The quantitative estimate of drug-likeness (QED) is 0.855. The SMILES string of the molecule is COCc1cccc(CNc2ccc(C(C)(C)C)cc2)c1. The summed E-state index contributed by atoms with van der Waals surface area (Å²) < 4.78 is 5.17. The highest BCUT2D eigenvalue weighted by Crippen LogP contribution is 2.23. The van der Waals surface area contributed by atoms with Crippen molar-refractivity contribution in [3.8, 4) is 0 Å². The van der Waals surface area contributed by atoms with Gasteiger partial charge in [0.1, 0.15) is 0 Å². The van der Waals surface area contributed by atoms with Crippen LogP contribution in [-0.2, 0) is 23.3 Å². The second-order valence-electron chi connectivity index (χ2n) is 6.43. The Bertz CT molecular complexity index is 567. The fraction of sp³-hybridized carbons (Fsp3) is 0.368. The van der Waals surface area contributed by atoms with Crippen LogP contribution in [0.5, 0.6) is 0 Å². The lowest BCUT2D eigenvalue weighted by molar-refractivity contribution is 0.185. The third kappa shape index (κ3) is 4.61. The van der Waals surface area contributed by atoms with E-state index in [-0.39, 0.29) is 5.41 Å². The van der Waals surface area contributed by atoms with Crippen LogP contribution in [0, 0.1) is 0 Å². The molecule has 112 valence electrons. The van der Waals surface area contributed by atoms with Gasteiger partial charge in [-0.05, 0) is 34.2 Å². The van der Waals surface area contributed by atoms with Crippen LogP contribution in [0.4, 0.5) is 5.69 Å². The van der Waals surface area contributed by atoms with Crippen LogP contribution < -0.4 is 5.32 Å². The number of hydrogen-bond donors (Lipinski definition) is 1. The fourth-order valence-corrected chi connectivity index (χ4v) is 2.29. The standard InChI is InChI=1S/C19H25NO/c1-19(2,3)17-8-10-18(11-9-17)20-13-15-6-5-7-16(12-15)14-21-4/h5-12,20H,13-14H2,1-4H3. The molecule has 0 unspecified atom stereocenters. The zero-order valence-electron chi connectivity index (χ0n) is 13.4. The minimum atomic E-state index is 0.201. The molecule has 21 heavy (non-hydrogen) atoms. The van der Waals surface area contributed by atoms with Gasteiger partial charge in [0, 0.05) is 19.3 Å².